The fourth-order valence-electron chi connectivity index (χ4n) is 2.77. The largest absolute Gasteiger partial charge is 0.467 e. The third-order valence-electron chi connectivity index (χ3n) is 3.91. The molecule has 0 aromatic heterocycles. The Hall–Kier alpha value is -2.63. The van der Waals surface area contributed by atoms with Crippen LogP contribution in [0.15, 0.2) is 42.5 Å². The number of ketones is 1. The molecule has 142 valence electrons. The van der Waals surface area contributed by atoms with E-state index in [4.69, 9.17) is 9.47 Å². The molecule has 0 bridgehead atoms. The normalized spacial score (nSPS) is 18.6. The van der Waals surface area contributed by atoms with E-state index in [2.05, 4.69) is 6.58 Å². The van der Waals surface area contributed by atoms with Crippen molar-refractivity contribution in [2.45, 2.75) is 39.8 Å². The lowest BCUT2D eigenvalue weighted by Crippen LogP contribution is -2.44. The highest BCUT2D eigenvalue weighted by Gasteiger charge is 2.48. The smallest absolute Gasteiger partial charge is 0.411 e. The molecule has 1 aliphatic heterocycles. The van der Waals surface area contributed by atoms with Crippen LogP contribution in [0.1, 0.15) is 32.8 Å². The molecule has 1 aromatic rings. The summed E-state index contributed by atoms with van der Waals surface area (Å²) in [5.41, 5.74) is 1.59. The van der Waals surface area contributed by atoms with Crippen LogP contribution in [0.5, 0.6) is 0 Å². The highest BCUT2D eigenvalue weighted by molar-refractivity contribution is 5.97. The van der Waals surface area contributed by atoms with Gasteiger partial charge in [-0.3, -0.25) is 9.69 Å². The van der Waals surface area contributed by atoms with E-state index in [1.165, 1.54) is 7.11 Å². The topological polar surface area (TPSA) is 72.9 Å². The van der Waals surface area contributed by atoms with Crippen LogP contribution in [0.25, 0.3) is 0 Å². The summed E-state index contributed by atoms with van der Waals surface area (Å²) in [5.74, 6) is -1.45. The number of rotatable bonds is 5. The van der Waals surface area contributed by atoms with Crippen LogP contribution in [0, 0.1) is 5.92 Å². The van der Waals surface area contributed by atoms with Crippen molar-refractivity contribution < 1.29 is 23.9 Å². The number of ether oxygens (including phenoxy) is 2. The summed E-state index contributed by atoms with van der Waals surface area (Å²) in [6.45, 7) is 9.47. The van der Waals surface area contributed by atoms with Crippen molar-refractivity contribution in [1.29, 1.82) is 0 Å². The first-order valence-corrected chi connectivity index (χ1v) is 8.66. The molecule has 2 rings (SSSR count). The predicted molar refractivity (Wildman–Crippen MR) is 98.4 cm³/mol. The van der Waals surface area contributed by atoms with Gasteiger partial charge in [-0.05, 0) is 18.9 Å². The molecule has 1 saturated heterocycles. The van der Waals surface area contributed by atoms with Gasteiger partial charge in [0.25, 0.3) is 0 Å². The summed E-state index contributed by atoms with van der Waals surface area (Å²) in [6, 6.07) is 8.21. The number of carbonyl (C=O) groups is 3. The Morgan fingerprint density at radius 3 is 2.38 bits per heavy atom. The van der Waals surface area contributed by atoms with Crippen molar-refractivity contribution in [1.82, 2.24) is 4.90 Å². The molecule has 1 heterocycles. The summed E-state index contributed by atoms with van der Waals surface area (Å²) in [7, 11) is 1.23. The monoisotopic (exact) mass is 361 g/mol. The first-order valence-electron chi connectivity index (χ1n) is 8.66. The summed E-state index contributed by atoms with van der Waals surface area (Å²) < 4.78 is 10.0. The minimum atomic E-state index is -0.970. The average Bonchev–Trinajstić information content (AvgIpc) is 2.97. The number of hydrogen-bond donors (Lipinski definition) is 0. The first kappa shape index (κ1) is 21.4. The maximum atomic E-state index is 12.3. The zero-order chi connectivity index (χ0) is 19.7. The highest BCUT2D eigenvalue weighted by Crippen LogP contribution is 2.28. The fraction of sp³-hybridized carbons (Fsp3) is 0.450. The highest BCUT2D eigenvalue weighted by atomic mass is 16.6. The summed E-state index contributed by atoms with van der Waals surface area (Å²) >= 11 is 0. The number of esters is 1. The second-order valence-corrected chi connectivity index (χ2v) is 5.87. The molecule has 1 aliphatic rings. The van der Waals surface area contributed by atoms with Gasteiger partial charge in [-0.15, -0.1) is 6.58 Å². The molecule has 26 heavy (non-hydrogen) atoms. The Morgan fingerprint density at radius 1 is 1.23 bits per heavy atom. The Balaban J connectivity index is 0.00000163. The lowest BCUT2D eigenvalue weighted by molar-refractivity contribution is -0.147. The minimum Gasteiger partial charge on any atom is -0.467 e. The van der Waals surface area contributed by atoms with Gasteiger partial charge in [0.05, 0.1) is 19.6 Å². The molecule has 1 fully saturated rings. The van der Waals surface area contributed by atoms with Crippen molar-refractivity contribution in [2.24, 2.45) is 5.92 Å². The van der Waals surface area contributed by atoms with Gasteiger partial charge in [-0.1, -0.05) is 49.8 Å². The third-order valence-corrected chi connectivity index (χ3v) is 3.91. The van der Waals surface area contributed by atoms with Gasteiger partial charge >= 0.3 is 12.1 Å². The molecule has 2 unspecified atom stereocenters. The molecule has 0 aliphatic carbocycles. The Kier molecular flexibility index (Phi) is 8.55. The van der Waals surface area contributed by atoms with Gasteiger partial charge in [0, 0.05) is 0 Å². The zero-order valence-corrected chi connectivity index (χ0v) is 15.9. The van der Waals surface area contributed by atoms with Crippen LogP contribution >= 0.6 is 0 Å². The third kappa shape index (κ3) is 5.44. The van der Waals surface area contributed by atoms with E-state index in [1.54, 1.807) is 6.92 Å². The predicted octanol–water partition coefficient (Wildman–Crippen LogP) is 3.36. The lowest BCUT2D eigenvalue weighted by Gasteiger charge is -2.24. The average molecular weight is 361 g/mol. The number of hydrogen-bond acceptors (Lipinski definition) is 5. The van der Waals surface area contributed by atoms with Crippen molar-refractivity contribution in [2.75, 3.05) is 13.7 Å². The van der Waals surface area contributed by atoms with Crippen LogP contribution in [0.3, 0.4) is 0 Å². The Bertz CT molecular complexity index is 641. The first-order chi connectivity index (χ1) is 12.4. The number of amides is 1. The van der Waals surface area contributed by atoms with E-state index in [0.29, 0.717) is 6.42 Å². The van der Waals surface area contributed by atoms with Crippen LogP contribution in [-0.2, 0) is 25.7 Å². The molecule has 2 atom stereocenters. The number of benzene rings is 1. The molecule has 0 saturated carbocycles. The van der Waals surface area contributed by atoms with Crippen LogP contribution in [-0.4, -0.2) is 42.4 Å². The van der Waals surface area contributed by atoms with E-state index < -0.39 is 24.0 Å². The van der Waals surface area contributed by atoms with Crippen LogP contribution in [0.4, 0.5) is 4.79 Å². The Labute approximate surface area is 154 Å². The maximum Gasteiger partial charge on any atom is 0.411 e. The molecule has 1 amide bonds. The minimum absolute atomic E-state index is 0.0728. The second-order valence-electron chi connectivity index (χ2n) is 5.87. The fourth-order valence-corrected chi connectivity index (χ4v) is 2.77. The van der Waals surface area contributed by atoms with Gasteiger partial charge in [0.1, 0.15) is 12.6 Å². The lowest BCUT2D eigenvalue weighted by atomic mass is 9.92. The molecule has 0 N–H and O–H groups in total. The summed E-state index contributed by atoms with van der Waals surface area (Å²) in [5, 5.41) is 0. The molecule has 6 nitrogen and oxygen atoms in total. The number of carbonyl (C=O) groups excluding carboxylic acids is 3. The summed E-state index contributed by atoms with van der Waals surface area (Å²) in [4.78, 5) is 37.8. The molecule has 1 aromatic carbocycles. The molecule has 0 radical (unpaired) electrons. The van der Waals surface area contributed by atoms with Crippen molar-refractivity contribution in [3.63, 3.8) is 0 Å². The van der Waals surface area contributed by atoms with Gasteiger partial charge in [-0.25, -0.2) is 9.59 Å². The number of methoxy groups -OCH3 is 1. The van der Waals surface area contributed by atoms with Gasteiger partial charge in [0.15, 0.2) is 5.78 Å². The molecule has 6 heteroatoms. The maximum absolute atomic E-state index is 12.3. The number of Topliss-reactive ketones (excluding diaryl/α,β-unsaturated/α-hetero) is 1. The van der Waals surface area contributed by atoms with E-state index in [-0.39, 0.29) is 18.9 Å². The number of allylic oxidation sites excluding steroid dienone is 1. The van der Waals surface area contributed by atoms with E-state index in [9.17, 15) is 14.4 Å². The molecular formula is C20H27NO5. The van der Waals surface area contributed by atoms with Crippen molar-refractivity contribution in [3.8, 4) is 0 Å². The van der Waals surface area contributed by atoms with Crippen molar-refractivity contribution in [3.05, 3.63) is 48.0 Å². The van der Waals surface area contributed by atoms with Crippen LogP contribution in [0.2, 0.25) is 0 Å². The molecule has 0 spiro atoms. The van der Waals surface area contributed by atoms with Gasteiger partial charge < -0.3 is 9.47 Å². The van der Waals surface area contributed by atoms with Gasteiger partial charge in [0.2, 0.25) is 0 Å². The van der Waals surface area contributed by atoms with Crippen molar-refractivity contribution >= 4 is 17.8 Å². The van der Waals surface area contributed by atoms with E-state index >= 15 is 0 Å². The quantitative estimate of drug-likeness (QED) is 0.594. The van der Waals surface area contributed by atoms with E-state index in [0.717, 1.165) is 16.0 Å². The number of nitrogens with zero attached hydrogens (tertiary/aromatic N) is 1. The SMILES string of the molecule is C=C(C)CC1C(=O)CN(C(=O)OCc2ccccc2)C1C(=O)OC.CC. The van der Waals surface area contributed by atoms with Crippen LogP contribution < -0.4 is 0 Å². The van der Waals surface area contributed by atoms with E-state index in [1.807, 2.05) is 44.2 Å². The second kappa shape index (κ2) is 10.4. The molecular weight excluding hydrogens is 334 g/mol. The Morgan fingerprint density at radius 2 is 1.85 bits per heavy atom. The number of likely N-dealkylation sites (tertiary alicyclic amines) is 1. The standard InChI is InChI=1S/C18H21NO5.C2H6/c1-12(2)9-14-15(20)10-19(16(14)17(21)23-3)18(22)24-11-13-7-5-4-6-8-13;1-2/h4-8,14,16H,1,9-11H2,2-3H3;1-2H3. The zero-order valence-electron chi connectivity index (χ0n) is 15.9. The summed E-state index contributed by atoms with van der Waals surface area (Å²) in [6.07, 6.45) is -0.368. The van der Waals surface area contributed by atoms with Gasteiger partial charge in [-0.2, -0.15) is 0 Å².